The highest BCUT2D eigenvalue weighted by molar-refractivity contribution is 7.22. The molecule has 0 aliphatic carbocycles. The highest BCUT2D eigenvalue weighted by Crippen LogP contribution is 2.46. The summed E-state index contributed by atoms with van der Waals surface area (Å²) in [6, 6.07) is 52.1. The Morgan fingerprint density at radius 2 is 0.750 bits per heavy atom. The van der Waals surface area contributed by atoms with Crippen LogP contribution in [0.2, 0.25) is 0 Å². The summed E-state index contributed by atoms with van der Waals surface area (Å²) in [5.74, 6) is 0. The van der Waals surface area contributed by atoms with Crippen molar-refractivity contribution in [2.75, 3.05) is 0 Å². The molecule has 0 fully saturated rings. The van der Waals surface area contributed by atoms with Crippen molar-refractivity contribution in [2.24, 2.45) is 0 Å². The summed E-state index contributed by atoms with van der Waals surface area (Å²) in [6.07, 6.45) is 0. The topological polar surface area (TPSA) is 25.8 Å². The van der Waals surface area contributed by atoms with E-state index in [0.29, 0.717) is 0 Å². The highest BCUT2D eigenvalue weighted by atomic mass is 32.1. The molecule has 2 aromatic heterocycles. The summed E-state index contributed by atoms with van der Waals surface area (Å²) in [5, 5.41) is 7.00. The Balaban J connectivity index is 1.40. The van der Waals surface area contributed by atoms with Gasteiger partial charge < -0.3 is 0 Å². The van der Waals surface area contributed by atoms with Crippen LogP contribution in [0.5, 0.6) is 0 Å². The van der Waals surface area contributed by atoms with E-state index in [-0.39, 0.29) is 0 Å². The number of hydrogen-bond acceptors (Lipinski definition) is 4. The van der Waals surface area contributed by atoms with E-state index >= 15 is 0 Å². The monoisotopic (exact) mass is 596 g/mol. The van der Waals surface area contributed by atoms with E-state index in [1.807, 2.05) is 0 Å². The van der Waals surface area contributed by atoms with E-state index in [2.05, 4.69) is 146 Å². The van der Waals surface area contributed by atoms with E-state index in [4.69, 9.17) is 9.97 Å². The molecule has 0 spiro atoms. The Morgan fingerprint density at radius 3 is 1.20 bits per heavy atom. The Labute approximate surface area is 262 Å². The zero-order chi connectivity index (χ0) is 29.0. The van der Waals surface area contributed by atoms with Crippen LogP contribution in [0.4, 0.5) is 0 Å². The first-order valence-corrected chi connectivity index (χ1v) is 16.3. The molecule has 44 heavy (non-hydrogen) atoms. The van der Waals surface area contributed by atoms with E-state index in [1.54, 1.807) is 22.7 Å². The predicted octanol–water partition coefficient (Wildman–Crippen LogP) is 11.9. The molecule has 2 heterocycles. The van der Waals surface area contributed by atoms with Gasteiger partial charge in [-0.05, 0) is 80.2 Å². The minimum atomic E-state index is 1.04. The lowest BCUT2D eigenvalue weighted by Crippen LogP contribution is -1.92. The molecule has 0 amide bonds. The molecule has 0 saturated carbocycles. The molecule has 0 unspecified atom stereocenters. The molecule has 0 atom stereocenters. The summed E-state index contributed by atoms with van der Waals surface area (Å²) >= 11 is 3.50. The normalized spacial score (nSPS) is 11.6. The molecule has 9 aromatic rings. The van der Waals surface area contributed by atoms with Crippen molar-refractivity contribution < 1.29 is 0 Å². The van der Waals surface area contributed by atoms with Crippen molar-refractivity contribution in [3.63, 3.8) is 0 Å². The zero-order valence-electron chi connectivity index (χ0n) is 23.6. The number of para-hydroxylation sites is 2. The maximum Gasteiger partial charge on any atom is 0.124 e. The van der Waals surface area contributed by atoms with Gasteiger partial charge in [-0.2, -0.15) is 0 Å². The van der Waals surface area contributed by atoms with Gasteiger partial charge in [-0.3, -0.25) is 0 Å². The zero-order valence-corrected chi connectivity index (χ0v) is 25.2. The first kappa shape index (κ1) is 25.3. The van der Waals surface area contributed by atoms with Crippen molar-refractivity contribution in [3.05, 3.63) is 146 Å². The molecule has 0 N–H and O–H groups in total. The molecular formula is C40H24N2S2. The van der Waals surface area contributed by atoms with Gasteiger partial charge in [0.2, 0.25) is 0 Å². The van der Waals surface area contributed by atoms with Crippen LogP contribution in [0.1, 0.15) is 0 Å². The van der Waals surface area contributed by atoms with Gasteiger partial charge in [0.25, 0.3) is 0 Å². The van der Waals surface area contributed by atoms with Gasteiger partial charge in [-0.25, -0.2) is 9.97 Å². The fourth-order valence-corrected chi connectivity index (χ4v) is 8.24. The summed E-state index contributed by atoms with van der Waals surface area (Å²) in [7, 11) is 0. The van der Waals surface area contributed by atoms with Gasteiger partial charge in [0, 0.05) is 11.1 Å². The number of aromatic nitrogens is 2. The maximum absolute atomic E-state index is 5.02. The van der Waals surface area contributed by atoms with Crippen LogP contribution in [0.3, 0.4) is 0 Å². The number of benzene rings is 7. The Bertz CT molecular complexity index is 2290. The summed E-state index contributed by atoms with van der Waals surface area (Å²) < 4.78 is 2.41. The van der Waals surface area contributed by atoms with Gasteiger partial charge >= 0.3 is 0 Å². The fraction of sp³-hybridized carbons (Fsp3) is 0. The van der Waals surface area contributed by atoms with Crippen molar-refractivity contribution >= 4 is 64.7 Å². The van der Waals surface area contributed by atoms with E-state index in [1.165, 1.54) is 53.2 Å². The van der Waals surface area contributed by atoms with Crippen LogP contribution in [0.15, 0.2) is 146 Å². The van der Waals surface area contributed by atoms with Crippen LogP contribution < -0.4 is 0 Å². The van der Waals surface area contributed by atoms with Gasteiger partial charge in [0.05, 0.1) is 20.4 Å². The predicted molar refractivity (Wildman–Crippen MR) is 190 cm³/mol. The number of nitrogens with zero attached hydrogens (tertiary/aromatic N) is 2. The quantitative estimate of drug-likeness (QED) is 0.189. The van der Waals surface area contributed by atoms with E-state index in [0.717, 1.165) is 32.2 Å². The lowest BCUT2D eigenvalue weighted by atomic mass is 9.85. The highest BCUT2D eigenvalue weighted by Gasteiger charge is 2.19. The molecule has 0 aliphatic rings. The second-order valence-corrected chi connectivity index (χ2v) is 13.0. The molecule has 9 rings (SSSR count). The van der Waals surface area contributed by atoms with Gasteiger partial charge in [-0.1, -0.05) is 109 Å². The Kier molecular flexibility index (Phi) is 5.90. The standard InChI is InChI=1S/C40H24N2S2/c1-3-11-25(12-4-1)37-29-21-19-27(39-41-33-15-7-9-17-35(33)43-39)23-31(29)38(26-13-5-2-6-14-26)32-24-28(20-22-30(32)37)40-42-34-16-8-10-18-36(34)44-40/h1-24H. The van der Waals surface area contributed by atoms with Crippen molar-refractivity contribution in [2.45, 2.75) is 0 Å². The average Bonchev–Trinajstić information content (AvgIpc) is 3.72. The Hall–Kier alpha value is -5.16. The molecule has 0 aliphatic heterocycles. The third-order valence-corrected chi connectivity index (χ3v) is 10.5. The molecule has 0 saturated heterocycles. The molecular weight excluding hydrogens is 573 g/mol. The number of thiazole rings is 2. The molecule has 206 valence electrons. The van der Waals surface area contributed by atoms with Crippen LogP contribution in [-0.4, -0.2) is 9.97 Å². The minimum Gasteiger partial charge on any atom is -0.236 e. The lowest BCUT2D eigenvalue weighted by molar-refractivity contribution is 1.48. The summed E-state index contributed by atoms with van der Waals surface area (Å²) in [6.45, 7) is 0. The molecule has 4 heteroatoms. The third-order valence-electron chi connectivity index (χ3n) is 8.32. The first-order valence-electron chi connectivity index (χ1n) is 14.7. The van der Waals surface area contributed by atoms with E-state index < -0.39 is 0 Å². The second kappa shape index (κ2) is 10.2. The van der Waals surface area contributed by atoms with Crippen molar-refractivity contribution in [1.82, 2.24) is 9.97 Å². The Morgan fingerprint density at radius 1 is 0.341 bits per heavy atom. The average molecular weight is 597 g/mol. The molecule has 0 bridgehead atoms. The molecule has 7 aromatic carbocycles. The van der Waals surface area contributed by atoms with Crippen molar-refractivity contribution in [3.8, 4) is 43.4 Å². The third kappa shape index (κ3) is 4.15. The largest absolute Gasteiger partial charge is 0.236 e. The van der Waals surface area contributed by atoms with Crippen LogP contribution in [0, 0.1) is 0 Å². The summed E-state index contributed by atoms with van der Waals surface area (Å²) in [4.78, 5) is 10.0. The number of rotatable bonds is 4. The lowest BCUT2D eigenvalue weighted by Gasteiger charge is -2.19. The van der Waals surface area contributed by atoms with Crippen LogP contribution in [0.25, 0.3) is 85.4 Å². The molecule has 0 radical (unpaired) electrons. The fourth-order valence-electron chi connectivity index (χ4n) is 6.32. The maximum atomic E-state index is 5.02. The smallest absolute Gasteiger partial charge is 0.124 e. The summed E-state index contributed by atoms with van der Waals surface area (Å²) in [5.41, 5.74) is 9.25. The molecule has 2 nitrogen and oxygen atoms in total. The van der Waals surface area contributed by atoms with Crippen LogP contribution in [-0.2, 0) is 0 Å². The van der Waals surface area contributed by atoms with Crippen molar-refractivity contribution in [1.29, 1.82) is 0 Å². The number of hydrogen-bond donors (Lipinski definition) is 0. The first-order chi connectivity index (χ1) is 21.8. The SMILES string of the molecule is c1ccc(-c2c3ccc(-c4nc5ccccc5s4)cc3c(-c3ccccc3)c3cc(-c4nc5ccccc5s4)ccc23)cc1. The second-order valence-electron chi connectivity index (χ2n) is 11.0. The number of fused-ring (bicyclic) bond motifs is 4. The van der Waals surface area contributed by atoms with Gasteiger partial charge in [0.1, 0.15) is 10.0 Å². The van der Waals surface area contributed by atoms with E-state index in [9.17, 15) is 0 Å². The minimum absolute atomic E-state index is 1.04. The van der Waals surface area contributed by atoms with Crippen LogP contribution >= 0.6 is 22.7 Å². The van der Waals surface area contributed by atoms with Gasteiger partial charge in [-0.15, -0.1) is 22.7 Å². The van der Waals surface area contributed by atoms with Gasteiger partial charge in [0.15, 0.2) is 0 Å².